The average molecular weight is 426 g/mol. The SMILES string of the molecule is O=C(NCC1CCN(C(=O)Oc2ccccc2)CC1)C(=O)Nc1ccccc1[N+](=O)[O-]. The number of carbonyl (C=O) groups excluding carboxylic acids is 3. The van der Waals surface area contributed by atoms with Gasteiger partial charge in [-0.15, -0.1) is 0 Å². The Morgan fingerprint density at radius 2 is 1.65 bits per heavy atom. The Balaban J connectivity index is 1.42. The number of ether oxygens (including phenoxy) is 1. The molecular weight excluding hydrogens is 404 g/mol. The molecule has 1 aliphatic heterocycles. The third kappa shape index (κ3) is 6.01. The van der Waals surface area contributed by atoms with Crippen LogP contribution in [-0.2, 0) is 9.59 Å². The lowest BCUT2D eigenvalue weighted by molar-refractivity contribution is -0.383. The number of nitro groups is 1. The van der Waals surface area contributed by atoms with E-state index in [0.717, 1.165) is 0 Å². The Bertz CT molecular complexity index is 957. The quantitative estimate of drug-likeness (QED) is 0.429. The molecule has 3 amide bonds. The average Bonchev–Trinajstić information content (AvgIpc) is 2.78. The fraction of sp³-hybridized carbons (Fsp3) is 0.286. The van der Waals surface area contributed by atoms with E-state index in [9.17, 15) is 24.5 Å². The highest BCUT2D eigenvalue weighted by atomic mass is 16.6. The smallest absolute Gasteiger partial charge is 0.410 e. The molecule has 1 heterocycles. The molecule has 0 atom stereocenters. The molecule has 2 aromatic rings. The van der Waals surface area contributed by atoms with Gasteiger partial charge in [-0.1, -0.05) is 30.3 Å². The van der Waals surface area contributed by atoms with E-state index < -0.39 is 22.8 Å². The van der Waals surface area contributed by atoms with Crippen molar-refractivity contribution >= 4 is 29.3 Å². The molecule has 0 bridgehead atoms. The van der Waals surface area contributed by atoms with Crippen molar-refractivity contribution in [2.45, 2.75) is 12.8 Å². The maximum atomic E-state index is 12.2. The molecule has 10 nitrogen and oxygen atoms in total. The number of piperidine rings is 1. The van der Waals surface area contributed by atoms with Gasteiger partial charge in [0, 0.05) is 25.7 Å². The molecule has 1 saturated heterocycles. The number of amides is 3. The molecule has 2 N–H and O–H groups in total. The zero-order valence-corrected chi connectivity index (χ0v) is 16.7. The van der Waals surface area contributed by atoms with Crippen molar-refractivity contribution in [1.82, 2.24) is 10.2 Å². The van der Waals surface area contributed by atoms with E-state index in [1.165, 1.54) is 24.3 Å². The van der Waals surface area contributed by atoms with Crippen LogP contribution in [0, 0.1) is 16.0 Å². The molecule has 1 aliphatic rings. The minimum atomic E-state index is -0.974. The van der Waals surface area contributed by atoms with Crippen LogP contribution in [0.3, 0.4) is 0 Å². The first-order valence-corrected chi connectivity index (χ1v) is 9.78. The van der Waals surface area contributed by atoms with Gasteiger partial charge in [0.15, 0.2) is 0 Å². The van der Waals surface area contributed by atoms with Crippen LogP contribution in [0.4, 0.5) is 16.2 Å². The molecule has 0 saturated carbocycles. The normalized spacial score (nSPS) is 13.9. The standard InChI is InChI=1S/C21H22N4O6/c26-19(20(27)23-17-8-4-5-9-18(17)25(29)30)22-14-15-10-12-24(13-11-15)21(28)31-16-6-2-1-3-7-16/h1-9,15H,10-14H2,(H,22,26)(H,23,27). The summed E-state index contributed by atoms with van der Waals surface area (Å²) in [6, 6.07) is 14.4. The molecule has 0 radical (unpaired) electrons. The highest BCUT2D eigenvalue weighted by Gasteiger charge is 2.25. The first kappa shape index (κ1) is 21.8. The molecule has 0 aliphatic carbocycles. The Morgan fingerprint density at radius 3 is 2.32 bits per heavy atom. The van der Waals surface area contributed by atoms with Crippen molar-refractivity contribution in [1.29, 1.82) is 0 Å². The van der Waals surface area contributed by atoms with E-state index in [4.69, 9.17) is 4.74 Å². The number of likely N-dealkylation sites (tertiary alicyclic amines) is 1. The number of para-hydroxylation sites is 3. The minimum Gasteiger partial charge on any atom is -0.410 e. The summed E-state index contributed by atoms with van der Waals surface area (Å²) in [5.74, 6) is -1.27. The second-order valence-corrected chi connectivity index (χ2v) is 7.05. The van der Waals surface area contributed by atoms with E-state index in [-0.39, 0.29) is 23.8 Å². The molecule has 0 unspecified atom stereocenters. The first-order chi connectivity index (χ1) is 14.9. The summed E-state index contributed by atoms with van der Waals surface area (Å²) in [5.41, 5.74) is -0.337. The van der Waals surface area contributed by atoms with Crippen LogP contribution in [0.1, 0.15) is 12.8 Å². The zero-order valence-electron chi connectivity index (χ0n) is 16.7. The highest BCUT2D eigenvalue weighted by Crippen LogP contribution is 2.23. The van der Waals surface area contributed by atoms with Crippen LogP contribution in [0.5, 0.6) is 5.75 Å². The summed E-state index contributed by atoms with van der Waals surface area (Å²) < 4.78 is 5.32. The maximum Gasteiger partial charge on any atom is 0.415 e. The number of nitrogens with one attached hydrogen (secondary N) is 2. The lowest BCUT2D eigenvalue weighted by atomic mass is 9.97. The van der Waals surface area contributed by atoms with Gasteiger partial charge in [0.05, 0.1) is 4.92 Å². The zero-order chi connectivity index (χ0) is 22.2. The van der Waals surface area contributed by atoms with Crippen molar-refractivity contribution in [2.24, 2.45) is 5.92 Å². The second kappa shape index (κ2) is 10.2. The number of nitro benzene ring substituents is 1. The van der Waals surface area contributed by atoms with Gasteiger partial charge < -0.3 is 20.3 Å². The molecular formula is C21H22N4O6. The summed E-state index contributed by atoms with van der Waals surface area (Å²) in [6.07, 6.45) is 0.879. The summed E-state index contributed by atoms with van der Waals surface area (Å²) in [6.45, 7) is 1.23. The van der Waals surface area contributed by atoms with Crippen molar-refractivity contribution in [3.63, 3.8) is 0 Å². The largest absolute Gasteiger partial charge is 0.415 e. The number of carbonyl (C=O) groups is 3. The predicted octanol–water partition coefficient (Wildman–Crippen LogP) is 2.56. The number of hydrogen-bond donors (Lipinski definition) is 2. The van der Waals surface area contributed by atoms with Crippen LogP contribution in [0.15, 0.2) is 54.6 Å². The van der Waals surface area contributed by atoms with E-state index in [1.807, 2.05) is 6.07 Å². The monoisotopic (exact) mass is 426 g/mol. The molecule has 0 aromatic heterocycles. The summed E-state index contributed by atoms with van der Waals surface area (Å²) in [4.78, 5) is 48.3. The third-order valence-electron chi connectivity index (χ3n) is 4.93. The van der Waals surface area contributed by atoms with Gasteiger partial charge in [0.2, 0.25) is 0 Å². The van der Waals surface area contributed by atoms with Crippen molar-refractivity contribution in [2.75, 3.05) is 25.0 Å². The molecule has 10 heteroatoms. The lowest BCUT2D eigenvalue weighted by Crippen LogP contribution is -2.44. The van der Waals surface area contributed by atoms with Crippen LogP contribution in [-0.4, -0.2) is 47.4 Å². The Morgan fingerprint density at radius 1 is 1.00 bits per heavy atom. The predicted molar refractivity (Wildman–Crippen MR) is 111 cm³/mol. The van der Waals surface area contributed by atoms with Crippen molar-refractivity contribution in [3.8, 4) is 5.75 Å². The van der Waals surface area contributed by atoms with Crippen LogP contribution >= 0.6 is 0 Å². The van der Waals surface area contributed by atoms with E-state index in [1.54, 1.807) is 29.2 Å². The van der Waals surface area contributed by atoms with Crippen LogP contribution < -0.4 is 15.4 Å². The van der Waals surface area contributed by atoms with Gasteiger partial charge in [0.25, 0.3) is 5.69 Å². The number of benzene rings is 2. The molecule has 162 valence electrons. The molecule has 3 rings (SSSR count). The first-order valence-electron chi connectivity index (χ1n) is 9.78. The lowest BCUT2D eigenvalue weighted by Gasteiger charge is -2.31. The van der Waals surface area contributed by atoms with Gasteiger partial charge in [-0.3, -0.25) is 19.7 Å². The molecule has 2 aromatic carbocycles. The Labute approximate surface area is 178 Å². The molecule has 0 spiro atoms. The number of hydrogen-bond acceptors (Lipinski definition) is 6. The number of rotatable bonds is 5. The van der Waals surface area contributed by atoms with Gasteiger partial charge in [0.1, 0.15) is 11.4 Å². The van der Waals surface area contributed by atoms with E-state index in [2.05, 4.69) is 10.6 Å². The van der Waals surface area contributed by atoms with Gasteiger partial charge in [-0.05, 0) is 37.0 Å². The van der Waals surface area contributed by atoms with Crippen LogP contribution in [0.2, 0.25) is 0 Å². The summed E-state index contributed by atoms with van der Waals surface area (Å²) in [5, 5.41) is 15.8. The maximum absolute atomic E-state index is 12.2. The third-order valence-corrected chi connectivity index (χ3v) is 4.93. The summed E-state index contributed by atoms with van der Waals surface area (Å²) >= 11 is 0. The van der Waals surface area contributed by atoms with E-state index in [0.29, 0.717) is 31.7 Å². The summed E-state index contributed by atoms with van der Waals surface area (Å²) in [7, 11) is 0. The number of nitrogens with zero attached hydrogens (tertiary/aromatic N) is 2. The Kier molecular flexibility index (Phi) is 7.15. The fourth-order valence-electron chi connectivity index (χ4n) is 3.21. The molecule has 1 fully saturated rings. The van der Waals surface area contributed by atoms with Gasteiger partial charge in [-0.2, -0.15) is 0 Å². The topological polar surface area (TPSA) is 131 Å². The Hall–Kier alpha value is -3.95. The van der Waals surface area contributed by atoms with Crippen molar-refractivity contribution < 1.29 is 24.0 Å². The van der Waals surface area contributed by atoms with E-state index >= 15 is 0 Å². The van der Waals surface area contributed by atoms with Crippen LogP contribution in [0.25, 0.3) is 0 Å². The molecule has 31 heavy (non-hydrogen) atoms. The fourth-order valence-corrected chi connectivity index (χ4v) is 3.21. The van der Waals surface area contributed by atoms with Crippen molar-refractivity contribution in [3.05, 3.63) is 64.7 Å². The number of anilines is 1. The second-order valence-electron chi connectivity index (χ2n) is 7.05. The minimum absolute atomic E-state index is 0.0436. The van der Waals surface area contributed by atoms with Gasteiger partial charge >= 0.3 is 17.9 Å². The van der Waals surface area contributed by atoms with Gasteiger partial charge in [-0.25, -0.2) is 4.79 Å². The highest BCUT2D eigenvalue weighted by molar-refractivity contribution is 6.39.